The van der Waals surface area contributed by atoms with Gasteiger partial charge in [0.05, 0.1) is 6.04 Å². The minimum absolute atomic E-state index is 0.220. The minimum Gasteiger partial charge on any atom is -0.337 e. The molecule has 0 aliphatic heterocycles. The number of aryl methyl sites for hydroxylation is 1. The summed E-state index contributed by atoms with van der Waals surface area (Å²) in [5.74, 6) is 1.35. The lowest BCUT2D eigenvalue weighted by Crippen LogP contribution is -2.16. The van der Waals surface area contributed by atoms with Crippen molar-refractivity contribution < 1.29 is 4.52 Å². The monoisotopic (exact) mass is 309 g/mol. The zero-order valence-electron chi connectivity index (χ0n) is 10.6. The van der Waals surface area contributed by atoms with E-state index in [1.54, 1.807) is 0 Å². The summed E-state index contributed by atoms with van der Waals surface area (Å²) >= 11 is 3.43. The molecule has 2 rings (SSSR count). The molecular formula is C13H16BrN3O. The van der Waals surface area contributed by atoms with Gasteiger partial charge in [-0.2, -0.15) is 4.98 Å². The van der Waals surface area contributed by atoms with Gasteiger partial charge in [0.2, 0.25) is 11.7 Å². The summed E-state index contributed by atoms with van der Waals surface area (Å²) < 4.78 is 6.26. The number of hydrogen-bond acceptors (Lipinski definition) is 4. The molecule has 18 heavy (non-hydrogen) atoms. The van der Waals surface area contributed by atoms with E-state index in [1.165, 1.54) is 0 Å². The van der Waals surface area contributed by atoms with E-state index in [4.69, 9.17) is 10.3 Å². The lowest BCUT2D eigenvalue weighted by Gasteiger charge is -2.09. The first-order valence-corrected chi connectivity index (χ1v) is 6.64. The molecule has 1 heterocycles. The van der Waals surface area contributed by atoms with Crippen LogP contribution in [0.5, 0.6) is 0 Å². The Morgan fingerprint density at radius 2 is 2.06 bits per heavy atom. The van der Waals surface area contributed by atoms with Gasteiger partial charge >= 0.3 is 0 Å². The number of rotatable bonds is 3. The molecule has 0 saturated heterocycles. The third-order valence-electron chi connectivity index (χ3n) is 2.87. The van der Waals surface area contributed by atoms with Crippen LogP contribution >= 0.6 is 15.9 Å². The summed E-state index contributed by atoms with van der Waals surface area (Å²) in [4.78, 5) is 4.37. The molecule has 5 heteroatoms. The Balaban J connectivity index is 2.35. The van der Waals surface area contributed by atoms with Crippen LogP contribution in [0.2, 0.25) is 0 Å². The molecule has 0 aliphatic carbocycles. The maximum atomic E-state index is 5.99. The molecule has 0 aliphatic rings. The topological polar surface area (TPSA) is 64.9 Å². The normalized spacial score (nSPS) is 13.0. The Morgan fingerprint density at radius 1 is 1.33 bits per heavy atom. The van der Waals surface area contributed by atoms with Crippen LogP contribution in [0.4, 0.5) is 0 Å². The van der Waals surface area contributed by atoms with Crippen molar-refractivity contribution in [1.82, 2.24) is 10.1 Å². The van der Waals surface area contributed by atoms with Gasteiger partial charge in [-0.1, -0.05) is 34.9 Å². The summed E-state index contributed by atoms with van der Waals surface area (Å²) in [7, 11) is 0. The Kier molecular flexibility index (Phi) is 3.82. The van der Waals surface area contributed by atoms with Gasteiger partial charge in [-0.05, 0) is 36.6 Å². The van der Waals surface area contributed by atoms with Crippen LogP contribution in [0, 0.1) is 12.8 Å². The van der Waals surface area contributed by atoms with E-state index in [-0.39, 0.29) is 12.0 Å². The summed E-state index contributed by atoms with van der Waals surface area (Å²) in [6, 6.07) is 5.73. The van der Waals surface area contributed by atoms with Gasteiger partial charge in [-0.25, -0.2) is 0 Å². The van der Waals surface area contributed by atoms with Crippen molar-refractivity contribution in [2.45, 2.75) is 26.8 Å². The number of hydrogen-bond donors (Lipinski definition) is 1. The van der Waals surface area contributed by atoms with Gasteiger partial charge < -0.3 is 10.3 Å². The van der Waals surface area contributed by atoms with Crippen LogP contribution in [-0.2, 0) is 0 Å². The van der Waals surface area contributed by atoms with E-state index < -0.39 is 0 Å². The molecule has 1 unspecified atom stereocenters. The Bertz CT molecular complexity index is 551. The number of aromatic nitrogens is 2. The lowest BCUT2D eigenvalue weighted by atomic mass is 10.1. The quantitative estimate of drug-likeness (QED) is 0.943. The molecule has 1 atom stereocenters. The van der Waals surface area contributed by atoms with Crippen LogP contribution in [0.15, 0.2) is 27.2 Å². The number of benzene rings is 1. The van der Waals surface area contributed by atoms with Crippen LogP contribution in [0.1, 0.15) is 31.3 Å². The SMILES string of the molecule is Cc1cc(Br)ccc1-c1noc(C(N)C(C)C)n1. The second-order valence-electron chi connectivity index (χ2n) is 4.69. The summed E-state index contributed by atoms with van der Waals surface area (Å²) in [5, 5.41) is 4.00. The fraction of sp³-hybridized carbons (Fsp3) is 0.385. The molecule has 0 bridgehead atoms. The molecule has 4 nitrogen and oxygen atoms in total. The molecule has 0 amide bonds. The third kappa shape index (κ3) is 2.62. The third-order valence-corrected chi connectivity index (χ3v) is 3.37. The second kappa shape index (κ2) is 5.20. The van der Waals surface area contributed by atoms with E-state index in [9.17, 15) is 0 Å². The zero-order valence-corrected chi connectivity index (χ0v) is 12.2. The molecule has 96 valence electrons. The maximum absolute atomic E-state index is 5.99. The molecule has 0 saturated carbocycles. The van der Waals surface area contributed by atoms with E-state index in [0.717, 1.165) is 15.6 Å². The fourth-order valence-electron chi connectivity index (χ4n) is 1.64. The number of halogens is 1. The predicted octanol–water partition coefficient (Wildman–Crippen LogP) is 3.46. The molecule has 2 aromatic rings. The first-order chi connectivity index (χ1) is 8.49. The predicted molar refractivity (Wildman–Crippen MR) is 73.9 cm³/mol. The molecule has 2 N–H and O–H groups in total. The Labute approximate surface area is 115 Å². The average molecular weight is 310 g/mol. The smallest absolute Gasteiger partial charge is 0.244 e. The molecule has 0 spiro atoms. The van der Waals surface area contributed by atoms with Crippen molar-refractivity contribution >= 4 is 15.9 Å². The van der Waals surface area contributed by atoms with Crippen molar-refractivity contribution in [2.75, 3.05) is 0 Å². The van der Waals surface area contributed by atoms with Gasteiger partial charge in [-0.15, -0.1) is 0 Å². The van der Waals surface area contributed by atoms with Crippen LogP contribution < -0.4 is 5.73 Å². The van der Waals surface area contributed by atoms with Crippen molar-refractivity contribution in [2.24, 2.45) is 11.7 Å². The minimum atomic E-state index is -0.220. The largest absolute Gasteiger partial charge is 0.337 e. The van der Waals surface area contributed by atoms with E-state index in [2.05, 4.69) is 26.1 Å². The van der Waals surface area contributed by atoms with Crippen LogP contribution in [0.25, 0.3) is 11.4 Å². The first-order valence-electron chi connectivity index (χ1n) is 5.84. The van der Waals surface area contributed by atoms with Gasteiger partial charge in [0.15, 0.2) is 0 Å². The van der Waals surface area contributed by atoms with E-state index >= 15 is 0 Å². The highest BCUT2D eigenvalue weighted by Gasteiger charge is 2.19. The first kappa shape index (κ1) is 13.2. The highest BCUT2D eigenvalue weighted by molar-refractivity contribution is 9.10. The highest BCUT2D eigenvalue weighted by atomic mass is 79.9. The molecule has 0 fully saturated rings. The van der Waals surface area contributed by atoms with Gasteiger partial charge in [0.25, 0.3) is 0 Å². The Hall–Kier alpha value is -1.20. The van der Waals surface area contributed by atoms with Crippen LogP contribution in [-0.4, -0.2) is 10.1 Å². The standard InChI is InChI=1S/C13H16BrN3O/c1-7(2)11(15)13-16-12(17-18-13)10-5-4-9(14)6-8(10)3/h4-7,11H,15H2,1-3H3. The number of nitrogens with zero attached hydrogens (tertiary/aromatic N) is 2. The van der Waals surface area contributed by atoms with Crippen molar-refractivity contribution in [1.29, 1.82) is 0 Å². The van der Waals surface area contributed by atoms with Gasteiger partial charge in [0.1, 0.15) is 0 Å². The Morgan fingerprint density at radius 3 is 2.67 bits per heavy atom. The van der Waals surface area contributed by atoms with Crippen LogP contribution in [0.3, 0.4) is 0 Å². The van der Waals surface area contributed by atoms with Gasteiger partial charge in [-0.3, -0.25) is 0 Å². The molecular weight excluding hydrogens is 294 g/mol. The summed E-state index contributed by atoms with van der Waals surface area (Å²) in [6.45, 7) is 6.07. The summed E-state index contributed by atoms with van der Waals surface area (Å²) in [5.41, 5.74) is 8.04. The van der Waals surface area contributed by atoms with Crippen molar-refractivity contribution in [3.05, 3.63) is 34.1 Å². The second-order valence-corrected chi connectivity index (χ2v) is 5.60. The van der Waals surface area contributed by atoms with Gasteiger partial charge in [0, 0.05) is 10.0 Å². The summed E-state index contributed by atoms with van der Waals surface area (Å²) in [6.07, 6.45) is 0. The fourth-order valence-corrected chi connectivity index (χ4v) is 2.12. The maximum Gasteiger partial charge on any atom is 0.244 e. The van der Waals surface area contributed by atoms with Crippen molar-refractivity contribution in [3.63, 3.8) is 0 Å². The molecule has 1 aromatic heterocycles. The van der Waals surface area contributed by atoms with Crippen molar-refractivity contribution in [3.8, 4) is 11.4 Å². The average Bonchev–Trinajstić information content (AvgIpc) is 2.77. The zero-order chi connectivity index (χ0) is 13.3. The van der Waals surface area contributed by atoms with E-state index in [1.807, 2.05) is 39.0 Å². The highest BCUT2D eigenvalue weighted by Crippen LogP contribution is 2.25. The molecule has 0 radical (unpaired) electrons. The lowest BCUT2D eigenvalue weighted by molar-refractivity contribution is 0.325. The molecule has 1 aromatic carbocycles. The number of nitrogens with two attached hydrogens (primary N) is 1. The van der Waals surface area contributed by atoms with E-state index in [0.29, 0.717) is 11.7 Å².